The van der Waals surface area contributed by atoms with E-state index < -0.39 is 0 Å². The van der Waals surface area contributed by atoms with E-state index in [-0.39, 0.29) is 0 Å². The number of nitrogens with one attached hydrogen (secondary N) is 2. The van der Waals surface area contributed by atoms with Crippen LogP contribution in [0.3, 0.4) is 0 Å². The first-order valence-electron chi connectivity index (χ1n) is 9.40. The van der Waals surface area contributed by atoms with Gasteiger partial charge in [0, 0.05) is 50.3 Å². The van der Waals surface area contributed by atoms with Crippen molar-refractivity contribution in [3.05, 3.63) is 16.1 Å². The summed E-state index contributed by atoms with van der Waals surface area (Å²) < 4.78 is 11.2. The van der Waals surface area contributed by atoms with Gasteiger partial charge in [0.25, 0.3) is 0 Å². The van der Waals surface area contributed by atoms with Crippen LogP contribution >= 0.6 is 11.3 Å². The Kier molecular flexibility index (Phi) is 9.84. The topological polar surface area (TPSA) is 67.8 Å². The van der Waals surface area contributed by atoms with Gasteiger partial charge in [-0.15, -0.1) is 11.3 Å². The van der Waals surface area contributed by atoms with Crippen LogP contribution in [0.2, 0.25) is 0 Å². The Morgan fingerprint density at radius 2 is 2.36 bits per heavy atom. The standard InChI is InChI=1S/C18H32N4O2S/c1-3-19-18(20-9-4-8-17-22-15(2)14-25-17)21-10-6-11-23-13-16-7-5-12-24-16/h14,16H,3-13H2,1-2H3,(H2,19,20,21). The number of rotatable bonds is 11. The first-order chi connectivity index (χ1) is 12.3. The third-order valence-electron chi connectivity index (χ3n) is 3.92. The Bertz CT molecular complexity index is 501. The molecule has 6 nitrogen and oxygen atoms in total. The van der Waals surface area contributed by atoms with Crippen molar-refractivity contribution in [3.63, 3.8) is 0 Å². The summed E-state index contributed by atoms with van der Waals surface area (Å²) in [6.07, 6.45) is 5.60. The van der Waals surface area contributed by atoms with E-state index >= 15 is 0 Å². The van der Waals surface area contributed by atoms with Gasteiger partial charge < -0.3 is 20.1 Å². The third-order valence-corrected chi connectivity index (χ3v) is 4.94. The zero-order chi connectivity index (χ0) is 17.7. The van der Waals surface area contributed by atoms with Crippen LogP contribution in [-0.4, -0.2) is 56.5 Å². The van der Waals surface area contributed by atoms with Gasteiger partial charge >= 0.3 is 0 Å². The highest BCUT2D eigenvalue weighted by molar-refractivity contribution is 7.09. The molecule has 0 saturated carbocycles. The fraction of sp³-hybridized carbons (Fsp3) is 0.778. The number of hydrogen-bond donors (Lipinski definition) is 2. The number of nitrogens with zero attached hydrogens (tertiary/aromatic N) is 2. The van der Waals surface area contributed by atoms with Gasteiger partial charge in [0.05, 0.1) is 17.7 Å². The van der Waals surface area contributed by atoms with Crippen LogP contribution < -0.4 is 10.6 Å². The van der Waals surface area contributed by atoms with Crippen LogP contribution in [-0.2, 0) is 15.9 Å². The minimum absolute atomic E-state index is 0.313. The quantitative estimate of drug-likeness (QED) is 0.357. The van der Waals surface area contributed by atoms with E-state index in [0.717, 1.165) is 76.8 Å². The molecule has 0 amide bonds. The Labute approximate surface area is 155 Å². The molecule has 142 valence electrons. The Morgan fingerprint density at radius 1 is 1.44 bits per heavy atom. The van der Waals surface area contributed by atoms with E-state index in [0.29, 0.717) is 6.10 Å². The van der Waals surface area contributed by atoms with E-state index in [9.17, 15) is 0 Å². The van der Waals surface area contributed by atoms with E-state index in [1.165, 1.54) is 11.4 Å². The van der Waals surface area contributed by atoms with Crippen molar-refractivity contribution in [3.8, 4) is 0 Å². The molecule has 2 N–H and O–H groups in total. The maximum Gasteiger partial charge on any atom is 0.191 e. The predicted molar refractivity (Wildman–Crippen MR) is 104 cm³/mol. The lowest BCUT2D eigenvalue weighted by Gasteiger charge is -2.12. The Hall–Kier alpha value is -1.18. The number of thiazole rings is 1. The second kappa shape index (κ2) is 12.2. The van der Waals surface area contributed by atoms with Gasteiger partial charge in [0.2, 0.25) is 0 Å². The maximum atomic E-state index is 5.68. The molecular formula is C18H32N4O2S. The molecule has 0 aliphatic carbocycles. The lowest BCUT2D eigenvalue weighted by Crippen LogP contribution is -2.38. The molecule has 0 radical (unpaired) electrons. The van der Waals surface area contributed by atoms with Crippen LogP contribution in [0, 0.1) is 6.92 Å². The zero-order valence-corrected chi connectivity index (χ0v) is 16.4. The van der Waals surface area contributed by atoms with Crippen molar-refractivity contribution < 1.29 is 9.47 Å². The highest BCUT2D eigenvalue weighted by Crippen LogP contribution is 2.12. The average Bonchev–Trinajstić information content (AvgIpc) is 3.26. The average molecular weight is 369 g/mol. The molecule has 1 unspecified atom stereocenters. The summed E-state index contributed by atoms with van der Waals surface area (Å²) in [5, 5.41) is 9.96. The molecule has 2 rings (SSSR count). The summed E-state index contributed by atoms with van der Waals surface area (Å²) in [6, 6.07) is 0. The van der Waals surface area contributed by atoms with Crippen molar-refractivity contribution in [2.45, 2.75) is 52.1 Å². The largest absolute Gasteiger partial charge is 0.379 e. The van der Waals surface area contributed by atoms with Gasteiger partial charge in [-0.3, -0.25) is 4.99 Å². The SMILES string of the molecule is CCNC(=NCCCc1nc(C)cs1)NCCCOCC1CCCO1. The molecule has 1 aromatic rings. The first-order valence-corrected chi connectivity index (χ1v) is 10.3. The monoisotopic (exact) mass is 368 g/mol. The van der Waals surface area contributed by atoms with Crippen molar-refractivity contribution in [1.82, 2.24) is 15.6 Å². The molecule has 1 aromatic heterocycles. The highest BCUT2D eigenvalue weighted by atomic mass is 32.1. The summed E-state index contributed by atoms with van der Waals surface area (Å²) in [6.45, 7) is 9.04. The van der Waals surface area contributed by atoms with Gasteiger partial charge in [-0.2, -0.15) is 0 Å². The molecule has 1 fully saturated rings. The molecular weight excluding hydrogens is 336 g/mol. The fourth-order valence-electron chi connectivity index (χ4n) is 2.65. The number of hydrogen-bond acceptors (Lipinski definition) is 5. The predicted octanol–water partition coefficient (Wildman–Crippen LogP) is 2.52. The summed E-state index contributed by atoms with van der Waals surface area (Å²) in [5.74, 6) is 0.886. The number of ether oxygens (including phenoxy) is 2. The van der Waals surface area contributed by atoms with Crippen molar-refractivity contribution in [2.75, 3.05) is 39.5 Å². The molecule has 1 atom stereocenters. The Balaban J connectivity index is 1.53. The molecule has 1 saturated heterocycles. The van der Waals surface area contributed by atoms with Gasteiger partial charge in [0.1, 0.15) is 0 Å². The number of aromatic nitrogens is 1. The number of guanidine groups is 1. The van der Waals surface area contributed by atoms with Crippen LogP contribution in [0.25, 0.3) is 0 Å². The lowest BCUT2D eigenvalue weighted by atomic mass is 10.2. The maximum absolute atomic E-state index is 5.68. The lowest BCUT2D eigenvalue weighted by molar-refractivity contribution is 0.0168. The molecule has 0 bridgehead atoms. The molecule has 7 heteroatoms. The summed E-state index contributed by atoms with van der Waals surface area (Å²) >= 11 is 1.74. The van der Waals surface area contributed by atoms with Crippen molar-refractivity contribution in [1.29, 1.82) is 0 Å². The minimum atomic E-state index is 0.313. The number of aliphatic imine (C=N–C) groups is 1. The van der Waals surface area contributed by atoms with Crippen molar-refractivity contribution >= 4 is 17.3 Å². The van der Waals surface area contributed by atoms with E-state index in [4.69, 9.17) is 9.47 Å². The summed E-state index contributed by atoms with van der Waals surface area (Å²) in [5.41, 5.74) is 1.11. The molecule has 0 aromatic carbocycles. The summed E-state index contributed by atoms with van der Waals surface area (Å²) in [4.78, 5) is 9.11. The van der Waals surface area contributed by atoms with Crippen molar-refractivity contribution in [2.24, 2.45) is 4.99 Å². The number of aryl methyl sites for hydroxylation is 2. The van der Waals surface area contributed by atoms with Gasteiger partial charge in [0.15, 0.2) is 5.96 Å². The normalized spacial score (nSPS) is 17.8. The van der Waals surface area contributed by atoms with Crippen LogP contribution in [0.15, 0.2) is 10.4 Å². The molecule has 1 aliphatic heterocycles. The first kappa shape index (κ1) is 20.1. The zero-order valence-electron chi connectivity index (χ0n) is 15.6. The van der Waals surface area contributed by atoms with Gasteiger partial charge in [-0.05, 0) is 39.5 Å². The van der Waals surface area contributed by atoms with Crippen LogP contribution in [0.4, 0.5) is 0 Å². The minimum Gasteiger partial charge on any atom is -0.379 e. The Morgan fingerprint density at radius 3 is 3.08 bits per heavy atom. The molecule has 0 spiro atoms. The van der Waals surface area contributed by atoms with Gasteiger partial charge in [-0.1, -0.05) is 0 Å². The smallest absolute Gasteiger partial charge is 0.191 e. The molecule has 25 heavy (non-hydrogen) atoms. The fourth-order valence-corrected chi connectivity index (χ4v) is 3.47. The third kappa shape index (κ3) is 8.65. The second-order valence-electron chi connectivity index (χ2n) is 6.24. The van der Waals surface area contributed by atoms with Crippen LogP contribution in [0.5, 0.6) is 0 Å². The summed E-state index contributed by atoms with van der Waals surface area (Å²) in [7, 11) is 0. The molecule has 1 aliphatic rings. The molecule has 2 heterocycles. The second-order valence-corrected chi connectivity index (χ2v) is 7.18. The highest BCUT2D eigenvalue weighted by Gasteiger charge is 2.14. The van der Waals surface area contributed by atoms with E-state index in [1.54, 1.807) is 11.3 Å². The van der Waals surface area contributed by atoms with E-state index in [2.05, 4.69) is 32.9 Å². The van der Waals surface area contributed by atoms with Gasteiger partial charge in [-0.25, -0.2) is 4.98 Å². The van der Waals surface area contributed by atoms with E-state index in [1.807, 2.05) is 6.92 Å². The van der Waals surface area contributed by atoms with Crippen LogP contribution in [0.1, 0.15) is 43.3 Å².